The highest BCUT2D eigenvalue weighted by Gasteiger charge is 2.24. The third-order valence-electron chi connectivity index (χ3n) is 4.57. The van der Waals surface area contributed by atoms with E-state index in [0.717, 1.165) is 25.7 Å². The van der Waals surface area contributed by atoms with E-state index in [1.165, 1.54) is 12.7 Å². The first-order chi connectivity index (χ1) is 13.2. The number of rotatable bonds is 7. The lowest BCUT2D eigenvalue weighted by atomic mass is 10.1. The predicted molar refractivity (Wildman–Crippen MR) is 102 cm³/mol. The van der Waals surface area contributed by atoms with Crippen LogP contribution in [-0.4, -0.2) is 53.7 Å². The van der Waals surface area contributed by atoms with Crippen molar-refractivity contribution in [3.05, 3.63) is 48.2 Å². The molecular weight excluding hydrogens is 344 g/mol. The third kappa shape index (κ3) is 5.84. The fourth-order valence-corrected chi connectivity index (χ4v) is 3.08. The number of methoxy groups -OCH3 is 1. The van der Waals surface area contributed by atoms with E-state index in [0.29, 0.717) is 31.5 Å². The summed E-state index contributed by atoms with van der Waals surface area (Å²) in [5.41, 5.74) is 1.30. The molecule has 7 heteroatoms. The molecule has 144 valence electrons. The van der Waals surface area contributed by atoms with Gasteiger partial charge in [0, 0.05) is 44.7 Å². The number of likely N-dealkylation sites (tertiary alicyclic amines) is 1. The number of hydrogen-bond donors (Lipinski definition) is 1. The minimum absolute atomic E-state index is 0.00483. The van der Waals surface area contributed by atoms with Gasteiger partial charge in [0.2, 0.25) is 5.88 Å². The molecule has 1 saturated heterocycles. The minimum atomic E-state index is 0.00483. The van der Waals surface area contributed by atoms with E-state index in [2.05, 4.69) is 27.4 Å². The second-order valence-electron chi connectivity index (χ2n) is 6.51. The summed E-state index contributed by atoms with van der Waals surface area (Å²) < 4.78 is 10.9. The zero-order chi connectivity index (χ0) is 18.9. The number of carbonyl (C=O) groups is 1. The third-order valence-corrected chi connectivity index (χ3v) is 4.57. The van der Waals surface area contributed by atoms with Gasteiger partial charge in [0.1, 0.15) is 6.10 Å². The van der Waals surface area contributed by atoms with E-state index < -0.39 is 0 Å². The molecule has 3 rings (SSSR count). The lowest BCUT2D eigenvalue weighted by Gasteiger charge is -2.31. The zero-order valence-corrected chi connectivity index (χ0v) is 15.6. The van der Waals surface area contributed by atoms with Gasteiger partial charge in [-0.3, -0.25) is 0 Å². The van der Waals surface area contributed by atoms with Gasteiger partial charge >= 0.3 is 12.0 Å². The molecule has 0 aliphatic carbocycles. The number of aryl methyl sites for hydroxylation is 1. The summed E-state index contributed by atoms with van der Waals surface area (Å²) in [6, 6.07) is 12.3. The number of urea groups is 1. The maximum absolute atomic E-state index is 12.3. The lowest BCUT2D eigenvalue weighted by Crippen LogP contribution is -2.46. The number of carbonyl (C=O) groups excluding carboxylic acids is 1. The van der Waals surface area contributed by atoms with Crippen molar-refractivity contribution in [2.45, 2.75) is 31.8 Å². The molecule has 0 bridgehead atoms. The van der Waals surface area contributed by atoms with Gasteiger partial charge in [0.25, 0.3) is 0 Å². The van der Waals surface area contributed by atoms with E-state index in [1.807, 2.05) is 23.1 Å². The number of benzene rings is 1. The Bertz CT molecular complexity index is 718. The Balaban J connectivity index is 1.35. The number of amides is 2. The molecule has 7 nitrogen and oxygen atoms in total. The molecule has 1 aromatic heterocycles. The Morgan fingerprint density at radius 1 is 1.22 bits per heavy atom. The highest BCUT2D eigenvalue weighted by Crippen LogP contribution is 2.18. The monoisotopic (exact) mass is 370 g/mol. The Labute approximate surface area is 159 Å². The molecule has 2 aromatic rings. The van der Waals surface area contributed by atoms with E-state index in [-0.39, 0.29) is 12.1 Å². The zero-order valence-electron chi connectivity index (χ0n) is 15.6. The molecule has 1 aromatic carbocycles. The first-order valence-corrected chi connectivity index (χ1v) is 9.35. The van der Waals surface area contributed by atoms with Gasteiger partial charge in [0.05, 0.1) is 7.11 Å². The minimum Gasteiger partial charge on any atom is -0.474 e. The SMILES string of the molecule is COc1nccc(OC2CCN(C(=O)NCCCc3ccccc3)CC2)n1. The van der Waals surface area contributed by atoms with Crippen molar-refractivity contribution in [2.75, 3.05) is 26.7 Å². The molecule has 0 saturated carbocycles. The lowest BCUT2D eigenvalue weighted by molar-refractivity contribution is 0.106. The molecule has 2 heterocycles. The second-order valence-corrected chi connectivity index (χ2v) is 6.51. The highest BCUT2D eigenvalue weighted by atomic mass is 16.5. The summed E-state index contributed by atoms with van der Waals surface area (Å²) in [5, 5.41) is 3.01. The van der Waals surface area contributed by atoms with Gasteiger partial charge in [-0.2, -0.15) is 4.98 Å². The fourth-order valence-electron chi connectivity index (χ4n) is 3.08. The van der Waals surface area contributed by atoms with Gasteiger partial charge < -0.3 is 19.7 Å². The molecule has 0 radical (unpaired) electrons. The number of ether oxygens (including phenoxy) is 2. The summed E-state index contributed by atoms with van der Waals surface area (Å²) in [7, 11) is 1.52. The average Bonchev–Trinajstić information content (AvgIpc) is 2.72. The van der Waals surface area contributed by atoms with Crippen molar-refractivity contribution in [1.29, 1.82) is 0 Å². The fraction of sp³-hybridized carbons (Fsp3) is 0.450. The number of hydrogen-bond acceptors (Lipinski definition) is 5. The summed E-state index contributed by atoms with van der Waals surface area (Å²) in [6.07, 6.45) is 5.13. The molecule has 1 aliphatic heterocycles. The van der Waals surface area contributed by atoms with Crippen molar-refractivity contribution in [3.63, 3.8) is 0 Å². The van der Waals surface area contributed by atoms with Gasteiger partial charge in [-0.25, -0.2) is 9.78 Å². The van der Waals surface area contributed by atoms with Crippen LogP contribution >= 0.6 is 0 Å². The maximum atomic E-state index is 12.3. The Kier molecular flexibility index (Phi) is 6.84. The van der Waals surface area contributed by atoms with Gasteiger partial charge in [-0.05, 0) is 18.4 Å². The van der Waals surface area contributed by atoms with Crippen LogP contribution in [0.2, 0.25) is 0 Å². The summed E-state index contributed by atoms with van der Waals surface area (Å²) >= 11 is 0. The van der Waals surface area contributed by atoms with Crippen LogP contribution in [0.4, 0.5) is 4.79 Å². The predicted octanol–water partition coefficient (Wildman–Crippen LogP) is 2.67. The highest BCUT2D eigenvalue weighted by molar-refractivity contribution is 5.74. The smallest absolute Gasteiger partial charge is 0.319 e. The van der Waals surface area contributed by atoms with Crippen LogP contribution in [0, 0.1) is 0 Å². The van der Waals surface area contributed by atoms with Crippen molar-refractivity contribution in [2.24, 2.45) is 0 Å². The van der Waals surface area contributed by atoms with Gasteiger partial charge in [0.15, 0.2) is 0 Å². The van der Waals surface area contributed by atoms with Crippen LogP contribution in [0.3, 0.4) is 0 Å². The van der Waals surface area contributed by atoms with Crippen LogP contribution in [0.5, 0.6) is 11.9 Å². The summed E-state index contributed by atoms with van der Waals surface area (Å²) in [5.74, 6) is 0.505. The van der Waals surface area contributed by atoms with E-state index >= 15 is 0 Å². The quantitative estimate of drug-likeness (QED) is 0.759. The number of nitrogens with one attached hydrogen (secondary N) is 1. The molecule has 0 spiro atoms. The largest absolute Gasteiger partial charge is 0.474 e. The van der Waals surface area contributed by atoms with E-state index in [9.17, 15) is 4.79 Å². The van der Waals surface area contributed by atoms with E-state index in [4.69, 9.17) is 9.47 Å². The number of piperidine rings is 1. The average molecular weight is 370 g/mol. The Morgan fingerprint density at radius 3 is 2.74 bits per heavy atom. The summed E-state index contributed by atoms with van der Waals surface area (Å²) in [4.78, 5) is 22.3. The molecule has 1 fully saturated rings. The van der Waals surface area contributed by atoms with Crippen LogP contribution in [-0.2, 0) is 6.42 Å². The normalized spacial score (nSPS) is 14.6. The maximum Gasteiger partial charge on any atom is 0.319 e. The van der Waals surface area contributed by atoms with Crippen molar-refractivity contribution in [1.82, 2.24) is 20.2 Å². The molecule has 0 atom stereocenters. The molecule has 0 unspecified atom stereocenters. The summed E-state index contributed by atoms with van der Waals surface area (Å²) in [6.45, 7) is 2.04. The topological polar surface area (TPSA) is 76.6 Å². The van der Waals surface area contributed by atoms with Crippen LogP contribution in [0.1, 0.15) is 24.8 Å². The number of aromatic nitrogens is 2. The van der Waals surface area contributed by atoms with Gasteiger partial charge in [-0.15, -0.1) is 0 Å². The van der Waals surface area contributed by atoms with Gasteiger partial charge in [-0.1, -0.05) is 30.3 Å². The second kappa shape index (κ2) is 9.75. The van der Waals surface area contributed by atoms with Crippen molar-refractivity contribution < 1.29 is 14.3 Å². The van der Waals surface area contributed by atoms with Crippen LogP contribution in [0.25, 0.3) is 0 Å². The molecule has 27 heavy (non-hydrogen) atoms. The molecular formula is C20H26N4O3. The number of nitrogens with zero attached hydrogens (tertiary/aromatic N) is 3. The van der Waals surface area contributed by atoms with Crippen LogP contribution in [0.15, 0.2) is 42.6 Å². The molecule has 1 N–H and O–H groups in total. The first-order valence-electron chi connectivity index (χ1n) is 9.35. The Morgan fingerprint density at radius 2 is 2.00 bits per heavy atom. The Hall–Kier alpha value is -2.83. The van der Waals surface area contributed by atoms with Crippen molar-refractivity contribution in [3.8, 4) is 11.9 Å². The molecule has 2 amide bonds. The standard InChI is InChI=1S/C20H26N4O3/c1-26-19-21-13-9-18(23-19)27-17-10-14-24(15-11-17)20(25)22-12-5-8-16-6-3-2-4-7-16/h2-4,6-7,9,13,17H,5,8,10-12,14-15H2,1H3,(H,22,25). The van der Waals surface area contributed by atoms with Crippen LogP contribution < -0.4 is 14.8 Å². The molecule has 1 aliphatic rings. The van der Waals surface area contributed by atoms with E-state index in [1.54, 1.807) is 12.3 Å². The first kappa shape index (κ1) is 18.9. The van der Waals surface area contributed by atoms with Crippen molar-refractivity contribution >= 4 is 6.03 Å².